The molecule has 128 valence electrons. The Morgan fingerprint density at radius 3 is 2.12 bits per heavy atom. The lowest BCUT2D eigenvalue weighted by atomic mass is 9.99. The maximum Gasteiger partial charge on any atom is 0.196 e. The fourth-order valence-electron chi connectivity index (χ4n) is 2.93. The highest BCUT2D eigenvalue weighted by molar-refractivity contribution is 6.10. The first-order valence-corrected chi connectivity index (χ1v) is 9.14. The maximum atomic E-state index is 12.4. The number of hydrogen-bond donors (Lipinski definition) is 1. The fourth-order valence-corrected chi connectivity index (χ4v) is 2.93. The van der Waals surface area contributed by atoms with E-state index >= 15 is 0 Å². The van der Waals surface area contributed by atoms with Crippen molar-refractivity contribution in [2.45, 2.75) is 58.3 Å². The molecule has 2 aromatic rings. The van der Waals surface area contributed by atoms with E-state index in [9.17, 15) is 9.90 Å². The molecule has 0 aliphatic rings. The van der Waals surface area contributed by atoms with Crippen molar-refractivity contribution < 1.29 is 9.90 Å². The van der Waals surface area contributed by atoms with E-state index in [1.165, 1.54) is 50.5 Å². The average molecular weight is 324 g/mol. The molecule has 2 aromatic carbocycles. The van der Waals surface area contributed by atoms with E-state index in [1.54, 1.807) is 24.3 Å². The quantitative estimate of drug-likeness (QED) is 0.435. The van der Waals surface area contributed by atoms with Crippen LogP contribution in [0, 0.1) is 0 Å². The number of carbonyl (C=O) groups is 1. The van der Waals surface area contributed by atoms with E-state index in [0.717, 1.165) is 6.42 Å². The number of unbranched alkanes of at least 4 members (excludes halogenated alkanes) is 6. The molecule has 0 aromatic heterocycles. The molecule has 0 amide bonds. The van der Waals surface area contributed by atoms with Gasteiger partial charge in [-0.1, -0.05) is 81.8 Å². The molecule has 0 saturated heterocycles. The number of phenolic OH excluding ortho intramolecular Hbond substituents is 1. The van der Waals surface area contributed by atoms with Crippen LogP contribution in [-0.4, -0.2) is 10.9 Å². The van der Waals surface area contributed by atoms with Crippen LogP contribution in [0.25, 0.3) is 0 Å². The third-order valence-corrected chi connectivity index (χ3v) is 4.43. The molecule has 0 spiro atoms. The summed E-state index contributed by atoms with van der Waals surface area (Å²) in [5.74, 6) is -0.0924. The predicted molar refractivity (Wildman–Crippen MR) is 99.7 cm³/mol. The van der Waals surface area contributed by atoms with Gasteiger partial charge < -0.3 is 5.11 Å². The van der Waals surface area contributed by atoms with Crippen molar-refractivity contribution >= 4 is 5.78 Å². The Labute approximate surface area is 145 Å². The van der Waals surface area contributed by atoms with Crippen LogP contribution in [0.3, 0.4) is 0 Å². The van der Waals surface area contributed by atoms with Gasteiger partial charge in [-0.2, -0.15) is 0 Å². The van der Waals surface area contributed by atoms with Gasteiger partial charge >= 0.3 is 0 Å². The third kappa shape index (κ3) is 5.52. The van der Waals surface area contributed by atoms with Gasteiger partial charge in [0.2, 0.25) is 0 Å². The van der Waals surface area contributed by atoms with Crippen LogP contribution >= 0.6 is 0 Å². The summed E-state index contributed by atoms with van der Waals surface area (Å²) in [6.45, 7) is 2.24. The summed E-state index contributed by atoms with van der Waals surface area (Å²) in [7, 11) is 0. The Kier molecular flexibility index (Phi) is 7.54. The zero-order chi connectivity index (χ0) is 17.2. The van der Waals surface area contributed by atoms with Gasteiger partial charge in [-0.25, -0.2) is 0 Å². The molecule has 1 N–H and O–H groups in total. The molecule has 0 radical (unpaired) electrons. The Bertz CT molecular complexity index is 629. The number of ketones is 1. The second-order valence-corrected chi connectivity index (χ2v) is 6.41. The summed E-state index contributed by atoms with van der Waals surface area (Å²) in [6.07, 6.45) is 10.2. The van der Waals surface area contributed by atoms with Crippen molar-refractivity contribution in [3.8, 4) is 5.75 Å². The Morgan fingerprint density at radius 1 is 0.833 bits per heavy atom. The van der Waals surface area contributed by atoms with Crippen molar-refractivity contribution in [3.63, 3.8) is 0 Å². The summed E-state index contributed by atoms with van der Waals surface area (Å²) in [5, 5.41) is 9.80. The molecule has 0 fully saturated rings. The highest BCUT2D eigenvalue weighted by Crippen LogP contribution is 2.20. The molecule has 2 heteroatoms. The molecular weight excluding hydrogens is 296 g/mol. The van der Waals surface area contributed by atoms with Crippen LogP contribution in [-0.2, 0) is 6.42 Å². The lowest BCUT2D eigenvalue weighted by Gasteiger charge is -2.06. The summed E-state index contributed by atoms with van der Waals surface area (Å²) < 4.78 is 0. The minimum absolute atomic E-state index is 0.0367. The molecule has 0 aliphatic heterocycles. The predicted octanol–water partition coefficient (Wildman–Crippen LogP) is 5.92. The number of benzene rings is 2. The molecule has 0 saturated carbocycles. The summed E-state index contributed by atoms with van der Waals surface area (Å²) >= 11 is 0. The molecule has 0 unspecified atom stereocenters. The third-order valence-electron chi connectivity index (χ3n) is 4.43. The lowest BCUT2D eigenvalue weighted by Crippen LogP contribution is -2.01. The van der Waals surface area contributed by atoms with E-state index in [0.29, 0.717) is 11.1 Å². The first-order chi connectivity index (χ1) is 11.7. The largest absolute Gasteiger partial charge is 0.507 e. The maximum absolute atomic E-state index is 12.4. The van der Waals surface area contributed by atoms with Crippen LogP contribution in [0.4, 0.5) is 0 Å². The molecule has 0 atom stereocenters. The van der Waals surface area contributed by atoms with Gasteiger partial charge in [0.1, 0.15) is 5.75 Å². The molecular formula is C22H28O2. The van der Waals surface area contributed by atoms with Gasteiger partial charge in [-0.3, -0.25) is 4.79 Å². The Morgan fingerprint density at radius 2 is 1.46 bits per heavy atom. The highest BCUT2D eigenvalue weighted by atomic mass is 16.3. The number of aryl methyl sites for hydroxylation is 1. The zero-order valence-corrected chi connectivity index (χ0v) is 14.6. The smallest absolute Gasteiger partial charge is 0.196 e. The van der Waals surface area contributed by atoms with Gasteiger partial charge in [0, 0.05) is 5.56 Å². The monoisotopic (exact) mass is 324 g/mol. The number of phenols is 1. The first-order valence-electron chi connectivity index (χ1n) is 9.14. The van der Waals surface area contributed by atoms with E-state index < -0.39 is 0 Å². The summed E-state index contributed by atoms with van der Waals surface area (Å²) in [6, 6.07) is 14.5. The normalized spacial score (nSPS) is 10.7. The topological polar surface area (TPSA) is 37.3 Å². The van der Waals surface area contributed by atoms with E-state index in [2.05, 4.69) is 6.92 Å². The first kappa shape index (κ1) is 18.3. The second kappa shape index (κ2) is 9.92. The summed E-state index contributed by atoms with van der Waals surface area (Å²) in [5.41, 5.74) is 2.26. The van der Waals surface area contributed by atoms with Gasteiger partial charge in [0.05, 0.1) is 5.56 Å². The van der Waals surface area contributed by atoms with Crippen molar-refractivity contribution in [1.29, 1.82) is 0 Å². The van der Waals surface area contributed by atoms with Crippen LogP contribution in [0.5, 0.6) is 5.75 Å². The molecule has 0 aliphatic carbocycles. The minimum Gasteiger partial charge on any atom is -0.507 e. The van der Waals surface area contributed by atoms with Crippen molar-refractivity contribution in [1.82, 2.24) is 0 Å². The van der Waals surface area contributed by atoms with Crippen LogP contribution < -0.4 is 0 Å². The number of hydrogen-bond acceptors (Lipinski definition) is 2. The van der Waals surface area contributed by atoms with E-state index in [-0.39, 0.29) is 11.5 Å². The van der Waals surface area contributed by atoms with E-state index in [1.807, 2.05) is 24.3 Å². The van der Waals surface area contributed by atoms with Crippen LogP contribution in [0.2, 0.25) is 0 Å². The standard InChI is InChI=1S/C22H28O2/c1-2-3-4-5-6-7-8-11-18-14-16-19(17-15-18)22(24)20-12-9-10-13-21(20)23/h9-10,12-17,23H,2-8,11H2,1H3. The second-order valence-electron chi connectivity index (χ2n) is 6.41. The van der Waals surface area contributed by atoms with Gasteiger partial charge in [0.15, 0.2) is 5.78 Å². The van der Waals surface area contributed by atoms with Crippen LogP contribution in [0.15, 0.2) is 48.5 Å². The van der Waals surface area contributed by atoms with Gasteiger partial charge in [-0.15, -0.1) is 0 Å². The summed E-state index contributed by atoms with van der Waals surface area (Å²) in [4.78, 5) is 12.4. The average Bonchev–Trinajstić information content (AvgIpc) is 2.61. The molecule has 2 rings (SSSR count). The number of carbonyl (C=O) groups excluding carboxylic acids is 1. The van der Waals surface area contributed by atoms with Gasteiger partial charge in [0.25, 0.3) is 0 Å². The SMILES string of the molecule is CCCCCCCCCc1ccc(C(=O)c2ccccc2O)cc1. The van der Waals surface area contributed by atoms with Crippen molar-refractivity contribution in [2.75, 3.05) is 0 Å². The molecule has 0 heterocycles. The minimum atomic E-state index is -0.129. The van der Waals surface area contributed by atoms with Crippen molar-refractivity contribution in [2.24, 2.45) is 0 Å². The number of aromatic hydroxyl groups is 1. The Balaban J connectivity index is 1.81. The van der Waals surface area contributed by atoms with Gasteiger partial charge in [-0.05, 0) is 30.5 Å². The van der Waals surface area contributed by atoms with Crippen molar-refractivity contribution in [3.05, 3.63) is 65.2 Å². The molecule has 2 nitrogen and oxygen atoms in total. The molecule has 0 bridgehead atoms. The zero-order valence-electron chi connectivity index (χ0n) is 14.6. The lowest BCUT2D eigenvalue weighted by molar-refractivity contribution is 0.103. The fraction of sp³-hybridized carbons (Fsp3) is 0.409. The number of para-hydroxylation sites is 1. The highest BCUT2D eigenvalue weighted by Gasteiger charge is 2.12. The van der Waals surface area contributed by atoms with E-state index in [4.69, 9.17) is 0 Å². The number of rotatable bonds is 10. The molecule has 24 heavy (non-hydrogen) atoms. The van der Waals surface area contributed by atoms with Crippen LogP contribution in [0.1, 0.15) is 73.4 Å². The Hall–Kier alpha value is -2.09.